The van der Waals surface area contributed by atoms with Crippen molar-refractivity contribution in [2.45, 2.75) is 6.54 Å². The van der Waals surface area contributed by atoms with Crippen LogP contribution in [0, 0.1) is 0 Å². The molecule has 2 N–H and O–H groups in total. The fraction of sp³-hybridized carbons (Fsp3) is 0.231. The van der Waals surface area contributed by atoms with Gasteiger partial charge in [-0.15, -0.1) is 0 Å². The van der Waals surface area contributed by atoms with Gasteiger partial charge in [-0.25, -0.2) is 0 Å². The summed E-state index contributed by atoms with van der Waals surface area (Å²) in [4.78, 5) is 29.3. The molecule has 0 aliphatic carbocycles. The van der Waals surface area contributed by atoms with E-state index in [1.165, 1.54) is 11.6 Å². The van der Waals surface area contributed by atoms with E-state index in [1.807, 2.05) is 30.3 Å². The summed E-state index contributed by atoms with van der Waals surface area (Å²) in [7, 11) is 0. The molecule has 1 heterocycles. The molecule has 2 amide bonds. The SMILES string of the molecule is O=C(CNC(=O)c1ccc(Cl)c(Cl)c1)Nc1ccc(N2CCN(Cc3ccccc3)CC2)cc1. The molecule has 0 spiro atoms. The number of carbonyl (C=O) groups excluding carboxylic acids is 2. The zero-order valence-corrected chi connectivity index (χ0v) is 20.1. The van der Waals surface area contributed by atoms with Crippen molar-refractivity contribution < 1.29 is 9.59 Å². The van der Waals surface area contributed by atoms with Crippen molar-refractivity contribution >= 4 is 46.4 Å². The molecule has 1 saturated heterocycles. The molecule has 0 saturated carbocycles. The van der Waals surface area contributed by atoms with Gasteiger partial charge >= 0.3 is 0 Å². The topological polar surface area (TPSA) is 64.7 Å². The normalized spacial score (nSPS) is 14.0. The first kappa shape index (κ1) is 24.1. The zero-order chi connectivity index (χ0) is 23.9. The maximum Gasteiger partial charge on any atom is 0.251 e. The van der Waals surface area contributed by atoms with E-state index >= 15 is 0 Å². The zero-order valence-electron chi connectivity index (χ0n) is 18.6. The molecule has 3 aromatic rings. The number of amides is 2. The van der Waals surface area contributed by atoms with Crippen molar-refractivity contribution in [2.24, 2.45) is 0 Å². The number of anilines is 2. The average Bonchev–Trinajstić information content (AvgIpc) is 2.86. The van der Waals surface area contributed by atoms with Gasteiger partial charge in [0.15, 0.2) is 0 Å². The molecule has 0 unspecified atom stereocenters. The van der Waals surface area contributed by atoms with E-state index in [0.717, 1.165) is 38.4 Å². The minimum Gasteiger partial charge on any atom is -0.369 e. The number of hydrogen-bond acceptors (Lipinski definition) is 4. The number of nitrogens with one attached hydrogen (secondary N) is 2. The Morgan fingerprint density at radius 3 is 2.21 bits per heavy atom. The lowest BCUT2D eigenvalue weighted by Gasteiger charge is -2.36. The molecule has 8 heteroatoms. The van der Waals surface area contributed by atoms with Gasteiger partial charge in [0.1, 0.15) is 0 Å². The standard InChI is InChI=1S/C26H26Cl2N4O2/c27-23-11-6-20(16-24(23)28)26(34)29-17-25(33)30-21-7-9-22(10-8-21)32-14-12-31(13-15-32)18-19-4-2-1-3-5-19/h1-11,16H,12-15,17-18H2,(H,29,34)(H,30,33). The Labute approximate surface area is 209 Å². The monoisotopic (exact) mass is 496 g/mol. The maximum atomic E-state index is 12.3. The van der Waals surface area contributed by atoms with Crippen LogP contribution in [0.5, 0.6) is 0 Å². The van der Waals surface area contributed by atoms with E-state index in [2.05, 4.69) is 44.7 Å². The summed E-state index contributed by atoms with van der Waals surface area (Å²) in [6.45, 7) is 4.75. The highest BCUT2D eigenvalue weighted by Gasteiger charge is 2.17. The third kappa shape index (κ3) is 6.50. The Bertz CT molecular complexity index is 1130. The van der Waals surface area contributed by atoms with Gasteiger partial charge < -0.3 is 15.5 Å². The molecule has 1 fully saturated rings. The fourth-order valence-corrected chi connectivity index (χ4v) is 4.16. The molecule has 3 aromatic carbocycles. The van der Waals surface area contributed by atoms with E-state index in [9.17, 15) is 9.59 Å². The Hall–Kier alpha value is -3.06. The Morgan fingerprint density at radius 1 is 0.824 bits per heavy atom. The van der Waals surface area contributed by atoms with Crippen molar-refractivity contribution in [1.29, 1.82) is 0 Å². The molecule has 0 radical (unpaired) electrons. The van der Waals surface area contributed by atoms with Crippen LogP contribution in [0.1, 0.15) is 15.9 Å². The first-order valence-corrected chi connectivity index (χ1v) is 11.9. The van der Waals surface area contributed by atoms with Gasteiger partial charge in [-0.2, -0.15) is 0 Å². The molecule has 1 aliphatic rings. The second-order valence-electron chi connectivity index (χ2n) is 8.16. The molecule has 0 aromatic heterocycles. The van der Waals surface area contributed by atoms with Crippen molar-refractivity contribution in [2.75, 3.05) is 42.9 Å². The summed E-state index contributed by atoms with van der Waals surface area (Å²) >= 11 is 11.8. The third-order valence-corrected chi connectivity index (χ3v) is 6.47. The number of halogens is 2. The molecule has 0 atom stereocenters. The van der Waals surface area contributed by atoms with E-state index in [-0.39, 0.29) is 17.5 Å². The number of carbonyl (C=O) groups is 2. The Kier molecular flexibility index (Phi) is 8.06. The molecular formula is C26H26Cl2N4O2. The number of rotatable bonds is 7. The second kappa shape index (κ2) is 11.4. The summed E-state index contributed by atoms with van der Waals surface area (Å²) in [6, 6.07) is 22.9. The maximum absolute atomic E-state index is 12.3. The Balaban J connectivity index is 1.22. The minimum atomic E-state index is -0.393. The van der Waals surface area contributed by atoms with E-state index in [0.29, 0.717) is 16.3 Å². The number of hydrogen-bond donors (Lipinski definition) is 2. The van der Waals surface area contributed by atoms with Crippen LogP contribution in [0.3, 0.4) is 0 Å². The average molecular weight is 497 g/mol. The molecule has 0 bridgehead atoms. The van der Waals surface area contributed by atoms with Crippen LogP contribution >= 0.6 is 23.2 Å². The number of benzene rings is 3. The van der Waals surface area contributed by atoms with Crippen molar-refractivity contribution in [1.82, 2.24) is 10.2 Å². The Morgan fingerprint density at radius 2 is 1.53 bits per heavy atom. The smallest absolute Gasteiger partial charge is 0.251 e. The highest BCUT2D eigenvalue weighted by atomic mass is 35.5. The lowest BCUT2D eigenvalue weighted by molar-refractivity contribution is -0.115. The highest BCUT2D eigenvalue weighted by molar-refractivity contribution is 6.42. The van der Waals surface area contributed by atoms with Gasteiger partial charge in [0.25, 0.3) is 5.91 Å². The van der Waals surface area contributed by atoms with E-state index < -0.39 is 5.91 Å². The second-order valence-corrected chi connectivity index (χ2v) is 8.97. The van der Waals surface area contributed by atoms with Gasteiger partial charge in [0, 0.05) is 49.7 Å². The third-order valence-electron chi connectivity index (χ3n) is 5.73. The van der Waals surface area contributed by atoms with E-state index in [1.54, 1.807) is 12.1 Å². The highest BCUT2D eigenvalue weighted by Crippen LogP contribution is 2.23. The minimum absolute atomic E-state index is 0.149. The quantitative estimate of drug-likeness (QED) is 0.498. The first-order valence-electron chi connectivity index (χ1n) is 11.1. The lowest BCUT2D eigenvalue weighted by atomic mass is 10.2. The number of piperazine rings is 1. The van der Waals surface area contributed by atoms with Crippen LogP contribution in [0.15, 0.2) is 72.8 Å². The van der Waals surface area contributed by atoms with Gasteiger partial charge in [-0.3, -0.25) is 14.5 Å². The molecule has 6 nitrogen and oxygen atoms in total. The van der Waals surface area contributed by atoms with Crippen molar-refractivity contribution in [3.8, 4) is 0 Å². The van der Waals surface area contributed by atoms with Crippen LogP contribution in [0.4, 0.5) is 11.4 Å². The molecule has 34 heavy (non-hydrogen) atoms. The predicted octanol–water partition coefficient (Wildman–Crippen LogP) is 4.68. The summed E-state index contributed by atoms with van der Waals surface area (Å²) in [5.74, 6) is -0.703. The van der Waals surface area contributed by atoms with Crippen LogP contribution in [-0.4, -0.2) is 49.4 Å². The lowest BCUT2D eigenvalue weighted by Crippen LogP contribution is -2.45. The summed E-state index contributed by atoms with van der Waals surface area (Å²) < 4.78 is 0. The van der Waals surface area contributed by atoms with Crippen LogP contribution in [0.2, 0.25) is 10.0 Å². The van der Waals surface area contributed by atoms with Crippen molar-refractivity contribution in [3.05, 3.63) is 94.0 Å². The first-order chi connectivity index (χ1) is 16.5. The van der Waals surface area contributed by atoms with Gasteiger partial charge in [0.05, 0.1) is 16.6 Å². The summed E-state index contributed by atoms with van der Waals surface area (Å²) in [6.07, 6.45) is 0. The van der Waals surface area contributed by atoms with Crippen molar-refractivity contribution in [3.63, 3.8) is 0 Å². The molecule has 1 aliphatic heterocycles. The fourth-order valence-electron chi connectivity index (χ4n) is 3.87. The van der Waals surface area contributed by atoms with Crippen LogP contribution in [0.25, 0.3) is 0 Å². The van der Waals surface area contributed by atoms with Gasteiger partial charge in [-0.1, -0.05) is 53.5 Å². The number of nitrogens with zero attached hydrogens (tertiary/aromatic N) is 2. The molecule has 176 valence electrons. The molecule has 4 rings (SSSR count). The summed E-state index contributed by atoms with van der Waals surface area (Å²) in [5.41, 5.74) is 3.49. The summed E-state index contributed by atoms with van der Waals surface area (Å²) in [5, 5.41) is 6.05. The van der Waals surface area contributed by atoms with Crippen LogP contribution < -0.4 is 15.5 Å². The van der Waals surface area contributed by atoms with Crippen LogP contribution in [-0.2, 0) is 11.3 Å². The predicted molar refractivity (Wildman–Crippen MR) is 138 cm³/mol. The van der Waals surface area contributed by atoms with Gasteiger partial charge in [-0.05, 0) is 48.0 Å². The van der Waals surface area contributed by atoms with Gasteiger partial charge in [0.2, 0.25) is 5.91 Å². The van der Waals surface area contributed by atoms with E-state index in [4.69, 9.17) is 23.2 Å². The largest absolute Gasteiger partial charge is 0.369 e. The molecular weight excluding hydrogens is 471 g/mol.